The molecule has 0 heterocycles. The lowest BCUT2D eigenvalue weighted by Crippen LogP contribution is -2.06. The minimum Gasteiger partial charge on any atom is -0.395 e. The van der Waals surface area contributed by atoms with E-state index in [0.29, 0.717) is 10.7 Å². The molecular formula is C10H16ClN3. The van der Waals surface area contributed by atoms with Crippen molar-refractivity contribution < 1.29 is 0 Å². The summed E-state index contributed by atoms with van der Waals surface area (Å²) in [6, 6.07) is 3.73. The number of nitrogen functional groups attached to an aromatic ring is 1. The molecule has 0 aliphatic rings. The Morgan fingerprint density at radius 2 is 1.86 bits per heavy atom. The molecule has 0 saturated heterocycles. The van der Waals surface area contributed by atoms with Gasteiger partial charge in [-0.25, -0.2) is 0 Å². The van der Waals surface area contributed by atoms with Gasteiger partial charge in [0.05, 0.1) is 22.1 Å². The van der Waals surface area contributed by atoms with Gasteiger partial charge in [-0.05, 0) is 26.0 Å². The molecule has 0 aliphatic heterocycles. The minimum atomic E-state index is 0.658. The monoisotopic (exact) mass is 213 g/mol. The van der Waals surface area contributed by atoms with Crippen LogP contribution in [0.25, 0.3) is 0 Å². The van der Waals surface area contributed by atoms with Crippen LogP contribution < -0.4 is 16.4 Å². The zero-order chi connectivity index (χ0) is 10.6. The van der Waals surface area contributed by atoms with Crippen LogP contribution in [0.1, 0.15) is 13.8 Å². The number of nitrogens with one attached hydrogen (secondary N) is 2. The molecule has 0 saturated carbocycles. The van der Waals surface area contributed by atoms with E-state index >= 15 is 0 Å². The second kappa shape index (κ2) is 4.96. The highest BCUT2D eigenvalue weighted by molar-refractivity contribution is 6.34. The van der Waals surface area contributed by atoms with Gasteiger partial charge in [0, 0.05) is 13.1 Å². The van der Waals surface area contributed by atoms with Gasteiger partial charge >= 0.3 is 0 Å². The maximum atomic E-state index is 6.01. The fourth-order valence-corrected chi connectivity index (χ4v) is 1.53. The molecule has 0 fully saturated rings. The molecule has 0 unspecified atom stereocenters. The molecule has 0 bridgehead atoms. The highest BCUT2D eigenvalue weighted by atomic mass is 35.5. The standard InChI is InChI=1S/C10H16ClN3/c1-3-13-8-6-5-7(11)10(9(8)12)14-4-2/h5-6,13-14H,3-4,12H2,1-2H3. The van der Waals surface area contributed by atoms with Crippen LogP contribution in [-0.4, -0.2) is 13.1 Å². The summed E-state index contributed by atoms with van der Waals surface area (Å²) in [6.45, 7) is 5.69. The third kappa shape index (κ3) is 2.23. The summed E-state index contributed by atoms with van der Waals surface area (Å²) in [4.78, 5) is 0. The zero-order valence-corrected chi connectivity index (χ0v) is 9.28. The normalized spacial score (nSPS) is 9.93. The number of hydrogen-bond donors (Lipinski definition) is 3. The number of rotatable bonds is 4. The van der Waals surface area contributed by atoms with E-state index in [4.69, 9.17) is 17.3 Å². The van der Waals surface area contributed by atoms with E-state index in [1.165, 1.54) is 0 Å². The number of nitrogens with two attached hydrogens (primary N) is 1. The predicted octanol–water partition coefficient (Wildman–Crippen LogP) is 2.79. The SMILES string of the molecule is CCNc1ccc(Cl)c(NCC)c1N. The largest absolute Gasteiger partial charge is 0.395 e. The van der Waals surface area contributed by atoms with Gasteiger partial charge in [-0.15, -0.1) is 0 Å². The molecule has 1 aromatic carbocycles. The van der Waals surface area contributed by atoms with E-state index in [9.17, 15) is 0 Å². The Hall–Kier alpha value is -1.09. The average Bonchev–Trinajstić information content (AvgIpc) is 2.17. The van der Waals surface area contributed by atoms with Gasteiger partial charge in [-0.3, -0.25) is 0 Å². The van der Waals surface area contributed by atoms with Crippen molar-refractivity contribution >= 4 is 28.7 Å². The van der Waals surface area contributed by atoms with Gasteiger partial charge in [0.2, 0.25) is 0 Å². The molecule has 0 aromatic heterocycles. The van der Waals surface area contributed by atoms with Crippen molar-refractivity contribution in [3.8, 4) is 0 Å². The van der Waals surface area contributed by atoms with Crippen LogP contribution in [0.2, 0.25) is 5.02 Å². The first-order valence-corrected chi connectivity index (χ1v) is 5.14. The first kappa shape index (κ1) is 11.0. The van der Waals surface area contributed by atoms with Gasteiger partial charge in [0.25, 0.3) is 0 Å². The summed E-state index contributed by atoms with van der Waals surface area (Å²) in [5, 5.41) is 6.98. The van der Waals surface area contributed by atoms with Crippen molar-refractivity contribution in [2.24, 2.45) is 0 Å². The van der Waals surface area contributed by atoms with Crippen molar-refractivity contribution in [1.82, 2.24) is 0 Å². The van der Waals surface area contributed by atoms with Gasteiger partial charge in [0.1, 0.15) is 0 Å². The minimum absolute atomic E-state index is 0.658. The molecule has 0 atom stereocenters. The van der Waals surface area contributed by atoms with Gasteiger partial charge in [-0.1, -0.05) is 11.6 Å². The quantitative estimate of drug-likeness (QED) is 0.675. The van der Waals surface area contributed by atoms with Gasteiger partial charge < -0.3 is 16.4 Å². The molecule has 0 radical (unpaired) electrons. The van der Waals surface area contributed by atoms with Crippen LogP contribution in [0, 0.1) is 0 Å². The highest BCUT2D eigenvalue weighted by Gasteiger charge is 2.07. The lowest BCUT2D eigenvalue weighted by Gasteiger charge is -2.14. The Morgan fingerprint density at radius 1 is 1.21 bits per heavy atom. The molecule has 4 N–H and O–H groups in total. The smallest absolute Gasteiger partial charge is 0.0800 e. The molecule has 0 spiro atoms. The number of benzene rings is 1. The molecule has 78 valence electrons. The van der Waals surface area contributed by atoms with Crippen molar-refractivity contribution in [1.29, 1.82) is 0 Å². The molecule has 1 rings (SSSR count). The van der Waals surface area contributed by atoms with Crippen LogP contribution in [0.3, 0.4) is 0 Å². The van der Waals surface area contributed by atoms with E-state index in [1.54, 1.807) is 0 Å². The van der Waals surface area contributed by atoms with E-state index in [1.807, 2.05) is 26.0 Å². The fourth-order valence-electron chi connectivity index (χ4n) is 1.29. The third-order valence-electron chi connectivity index (χ3n) is 1.92. The maximum Gasteiger partial charge on any atom is 0.0800 e. The Morgan fingerprint density at radius 3 is 2.43 bits per heavy atom. The number of hydrogen-bond acceptors (Lipinski definition) is 3. The first-order valence-electron chi connectivity index (χ1n) is 4.76. The van der Waals surface area contributed by atoms with E-state index in [0.717, 1.165) is 24.5 Å². The summed E-state index contributed by atoms with van der Waals surface area (Å²) < 4.78 is 0. The van der Waals surface area contributed by atoms with Crippen LogP contribution >= 0.6 is 11.6 Å². The Balaban J connectivity index is 3.05. The summed E-state index contributed by atoms with van der Waals surface area (Å²) in [5.41, 5.74) is 8.37. The van der Waals surface area contributed by atoms with Crippen molar-refractivity contribution in [2.45, 2.75) is 13.8 Å². The van der Waals surface area contributed by atoms with E-state index in [2.05, 4.69) is 10.6 Å². The molecular weight excluding hydrogens is 198 g/mol. The predicted molar refractivity (Wildman–Crippen MR) is 64.2 cm³/mol. The molecule has 4 heteroatoms. The van der Waals surface area contributed by atoms with E-state index in [-0.39, 0.29) is 0 Å². The summed E-state index contributed by atoms with van der Waals surface area (Å²) in [6.07, 6.45) is 0. The molecule has 3 nitrogen and oxygen atoms in total. The first-order chi connectivity index (χ1) is 6.70. The Kier molecular flexibility index (Phi) is 3.89. The topological polar surface area (TPSA) is 50.1 Å². The highest BCUT2D eigenvalue weighted by Crippen LogP contribution is 2.34. The lowest BCUT2D eigenvalue weighted by molar-refractivity contribution is 1.20. The number of halogens is 1. The molecule has 1 aromatic rings. The average molecular weight is 214 g/mol. The Labute approximate surface area is 89.6 Å². The fraction of sp³-hybridized carbons (Fsp3) is 0.400. The molecule has 0 aliphatic carbocycles. The second-order valence-electron chi connectivity index (χ2n) is 2.94. The lowest BCUT2D eigenvalue weighted by atomic mass is 10.2. The van der Waals surface area contributed by atoms with Crippen molar-refractivity contribution in [3.05, 3.63) is 17.2 Å². The van der Waals surface area contributed by atoms with Crippen molar-refractivity contribution in [2.75, 3.05) is 29.5 Å². The summed E-state index contributed by atoms with van der Waals surface area (Å²) in [5.74, 6) is 0. The molecule has 14 heavy (non-hydrogen) atoms. The van der Waals surface area contributed by atoms with Crippen LogP contribution in [0.5, 0.6) is 0 Å². The number of anilines is 3. The van der Waals surface area contributed by atoms with Crippen LogP contribution in [0.4, 0.5) is 17.1 Å². The summed E-state index contributed by atoms with van der Waals surface area (Å²) >= 11 is 6.01. The van der Waals surface area contributed by atoms with Gasteiger partial charge in [-0.2, -0.15) is 0 Å². The van der Waals surface area contributed by atoms with Crippen LogP contribution in [-0.2, 0) is 0 Å². The summed E-state index contributed by atoms with van der Waals surface area (Å²) in [7, 11) is 0. The molecule has 0 amide bonds. The Bertz CT molecular complexity index is 312. The van der Waals surface area contributed by atoms with Gasteiger partial charge in [0.15, 0.2) is 0 Å². The third-order valence-corrected chi connectivity index (χ3v) is 2.23. The van der Waals surface area contributed by atoms with Crippen LogP contribution in [0.15, 0.2) is 12.1 Å². The zero-order valence-electron chi connectivity index (χ0n) is 8.52. The van der Waals surface area contributed by atoms with E-state index < -0.39 is 0 Å². The second-order valence-corrected chi connectivity index (χ2v) is 3.35. The maximum absolute atomic E-state index is 6.01. The van der Waals surface area contributed by atoms with Crippen molar-refractivity contribution in [3.63, 3.8) is 0 Å².